The molecule has 1 aromatic rings. The number of ether oxygens (including phenoxy) is 2. The topological polar surface area (TPSA) is 123 Å². The Bertz CT molecular complexity index is 1180. The van der Waals surface area contributed by atoms with Crippen molar-refractivity contribution in [2.75, 3.05) is 18.9 Å². The van der Waals surface area contributed by atoms with E-state index in [1.54, 1.807) is 0 Å². The maximum Gasteiger partial charge on any atom is 0.513 e. The number of carbonyl (C=O) groups is 2. The van der Waals surface area contributed by atoms with Crippen LogP contribution in [0.25, 0.3) is 0 Å². The van der Waals surface area contributed by atoms with Crippen molar-refractivity contribution in [2.24, 2.45) is 28.6 Å². The second-order valence-corrected chi connectivity index (χ2v) is 14.9. The van der Waals surface area contributed by atoms with E-state index < -0.39 is 11.1 Å². The number of likely N-dealkylation sites (tertiary alicyclic amines) is 1. The maximum atomic E-state index is 13.7. The number of nitro groups is 1. The SMILES string of the molecule is CC(C)(C)C1C2(CC(=O)N3CCC[C@H]3C#N)CC3CC(C2)CC1(SCCOC(=O)Oc1ccc([N+](=O)[O-])cc1)C3. The van der Waals surface area contributed by atoms with Gasteiger partial charge in [0.25, 0.3) is 5.69 Å². The predicted octanol–water partition coefficient (Wildman–Crippen LogP) is 6.36. The molecule has 0 aromatic heterocycles. The number of carbonyl (C=O) groups excluding carboxylic acids is 2. The number of benzene rings is 1. The van der Waals surface area contributed by atoms with E-state index in [4.69, 9.17) is 9.47 Å². The van der Waals surface area contributed by atoms with Crippen molar-refractivity contribution in [3.8, 4) is 11.8 Å². The Morgan fingerprint density at radius 1 is 1.18 bits per heavy atom. The molecule has 1 saturated heterocycles. The van der Waals surface area contributed by atoms with Gasteiger partial charge in [-0.3, -0.25) is 14.9 Å². The fourth-order valence-corrected chi connectivity index (χ4v) is 11.2. The van der Waals surface area contributed by atoms with Crippen LogP contribution < -0.4 is 4.74 Å². The Labute approximate surface area is 240 Å². The largest absolute Gasteiger partial charge is 0.513 e. The van der Waals surface area contributed by atoms with Gasteiger partial charge in [0.2, 0.25) is 5.91 Å². The zero-order chi connectivity index (χ0) is 28.7. The highest BCUT2D eigenvalue weighted by molar-refractivity contribution is 8.00. The summed E-state index contributed by atoms with van der Waals surface area (Å²) < 4.78 is 10.6. The molecule has 4 atom stereocenters. The summed E-state index contributed by atoms with van der Waals surface area (Å²) in [6.45, 7) is 7.81. The molecule has 1 amide bonds. The molecule has 3 unspecified atom stereocenters. The molecule has 5 aliphatic rings. The summed E-state index contributed by atoms with van der Waals surface area (Å²) >= 11 is 1.90. The van der Waals surface area contributed by atoms with Gasteiger partial charge in [-0.1, -0.05) is 20.8 Å². The Balaban J connectivity index is 1.25. The van der Waals surface area contributed by atoms with E-state index in [2.05, 4.69) is 26.8 Å². The quantitative estimate of drug-likeness (QED) is 0.117. The minimum Gasteiger partial charge on any atom is -0.433 e. The summed E-state index contributed by atoms with van der Waals surface area (Å²) in [5.74, 6) is 2.52. The van der Waals surface area contributed by atoms with Crippen molar-refractivity contribution in [3.63, 3.8) is 0 Å². The molecule has 1 aromatic carbocycles. The average Bonchev–Trinajstić information content (AvgIpc) is 3.34. The van der Waals surface area contributed by atoms with Crippen molar-refractivity contribution in [1.29, 1.82) is 5.26 Å². The van der Waals surface area contributed by atoms with Crippen LogP contribution in [0, 0.1) is 50.0 Å². The van der Waals surface area contributed by atoms with E-state index in [0.717, 1.165) is 38.5 Å². The summed E-state index contributed by atoms with van der Waals surface area (Å²) in [4.78, 5) is 38.1. The van der Waals surface area contributed by atoms with Gasteiger partial charge in [-0.2, -0.15) is 17.0 Å². The smallest absolute Gasteiger partial charge is 0.433 e. The van der Waals surface area contributed by atoms with Crippen LogP contribution >= 0.6 is 11.8 Å². The van der Waals surface area contributed by atoms with Crippen LogP contribution in [0.2, 0.25) is 0 Å². The highest BCUT2D eigenvalue weighted by Gasteiger charge is 2.66. The van der Waals surface area contributed by atoms with Crippen molar-refractivity contribution in [1.82, 2.24) is 4.90 Å². The molecule has 9 nitrogen and oxygen atoms in total. The molecule has 0 radical (unpaired) electrons. The van der Waals surface area contributed by atoms with Gasteiger partial charge in [0.1, 0.15) is 18.4 Å². The van der Waals surface area contributed by atoms with Crippen LogP contribution in [-0.2, 0) is 9.53 Å². The lowest BCUT2D eigenvalue weighted by Gasteiger charge is -2.69. The van der Waals surface area contributed by atoms with Crippen LogP contribution in [0.15, 0.2) is 24.3 Å². The van der Waals surface area contributed by atoms with Crippen molar-refractivity contribution >= 4 is 29.5 Å². The van der Waals surface area contributed by atoms with Crippen LogP contribution in [0.4, 0.5) is 10.5 Å². The van der Waals surface area contributed by atoms with Gasteiger partial charge in [0.05, 0.1) is 11.0 Å². The summed E-state index contributed by atoms with van der Waals surface area (Å²) in [7, 11) is 0. The lowest BCUT2D eigenvalue weighted by Crippen LogP contribution is -2.65. The van der Waals surface area contributed by atoms with Gasteiger partial charge >= 0.3 is 6.16 Å². The van der Waals surface area contributed by atoms with E-state index in [-0.39, 0.29) is 45.6 Å². The molecule has 10 heteroatoms. The van der Waals surface area contributed by atoms with Crippen LogP contribution in [-0.4, -0.2) is 51.6 Å². The number of amides is 1. The third kappa shape index (κ3) is 5.54. The molecular weight excluding hydrogens is 530 g/mol. The molecule has 216 valence electrons. The van der Waals surface area contributed by atoms with Gasteiger partial charge < -0.3 is 14.4 Å². The molecule has 4 aliphatic carbocycles. The summed E-state index contributed by atoms with van der Waals surface area (Å²) in [5.41, 5.74) is -0.147. The second kappa shape index (κ2) is 10.9. The fourth-order valence-electron chi connectivity index (χ4n) is 9.16. The predicted molar refractivity (Wildman–Crippen MR) is 151 cm³/mol. The molecule has 0 N–H and O–H groups in total. The normalized spacial score (nSPS) is 32.5. The maximum absolute atomic E-state index is 13.7. The van der Waals surface area contributed by atoms with Crippen LogP contribution in [0.1, 0.15) is 72.1 Å². The Hall–Kier alpha value is -2.80. The zero-order valence-electron chi connectivity index (χ0n) is 23.6. The van der Waals surface area contributed by atoms with Crippen LogP contribution in [0.3, 0.4) is 0 Å². The number of nitriles is 1. The first-order valence-corrected chi connectivity index (χ1v) is 15.4. The van der Waals surface area contributed by atoms with Crippen molar-refractivity contribution < 1.29 is 24.0 Å². The second-order valence-electron chi connectivity index (χ2n) is 13.4. The minimum atomic E-state index is -0.827. The van der Waals surface area contributed by atoms with E-state index in [9.17, 15) is 25.0 Å². The molecule has 4 saturated carbocycles. The molecule has 0 spiro atoms. The Morgan fingerprint density at radius 2 is 1.85 bits per heavy atom. The first-order valence-electron chi connectivity index (χ1n) is 14.4. The number of nitro benzene ring substituents is 1. The molecule has 1 heterocycles. The molecule has 5 fully saturated rings. The summed E-state index contributed by atoms with van der Waals surface area (Å²) in [6.07, 6.45) is 7.04. The third-order valence-electron chi connectivity index (χ3n) is 9.50. The van der Waals surface area contributed by atoms with E-state index in [1.165, 1.54) is 30.7 Å². The van der Waals surface area contributed by atoms with Gasteiger partial charge in [-0.25, -0.2) is 4.79 Å². The summed E-state index contributed by atoms with van der Waals surface area (Å²) in [6, 6.07) is 7.36. The molecular formula is C30H39N3O6S. The van der Waals surface area contributed by atoms with Gasteiger partial charge in [-0.05, 0) is 85.7 Å². The minimum absolute atomic E-state index is 0.00406. The molecule has 1 aliphatic heterocycles. The number of hydrogen-bond acceptors (Lipinski definition) is 8. The first kappa shape index (κ1) is 28.7. The van der Waals surface area contributed by atoms with Gasteiger partial charge in [0, 0.05) is 35.6 Å². The van der Waals surface area contributed by atoms with Gasteiger partial charge in [0.15, 0.2) is 0 Å². The first-order chi connectivity index (χ1) is 18.9. The van der Waals surface area contributed by atoms with E-state index >= 15 is 0 Å². The van der Waals surface area contributed by atoms with Crippen molar-refractivity contribution in [3.05, 3.63) is 34.4 Å². The lowest BCUT2D eigenvalue weighted by atomic mass is 9.40. The van der Waals surface area contributed by atoms with Gasteiger partial charge in [-0.15, -0.1) is 0 Å². The number of nitrogens with zero attached hydrogens (tertiary/aromatic N) is 3. The highest BCUT2D eigenvalue weighted by Crippen LogP contribution is 2.72. The van der Waals surface area contributed by atoms with E-state index in [0.29, 0.717) is 36.5 Å². The fraction of sp³-hybridized carbons (Fsp3) is 0.700. The number of hydrogen-bond donors (Lipinski definition) is 0. The zero-order valence-corrected chi connectivity index (χ0v) is 24.4. The van der Waals surface area contributed by atoms with Crippen molar-refractivity contribution in [2.45, 2.75) is 82.9 Å². The number of non-ortho nitro benzene ring substituents is 1. The standard InChI is InChI=1S/C30H39N3O6S/c1-28(2,3)26-29(18-25(34)32-10-4-5-23(32)19-31)14-20-13-21(15-29)17-30(26,16-20)40-12-11-38-27(35)39-24-8-6-22(7-9-24)33(36)37/h6-9,20-21,23,26H,4-5,10-18H2,1-3H3/t20?,21?,23-,26?,29?,30?/m0/s1. The molecule has 40 heavy (non-hydrogen) atoms. The lowest BCUT2D eigenvalue weighted by molar-refractivity contribution is -0.384. The Morgan fingerprint density at radius 3 is 2.45 bits per heavy atom. The van der Waals surface area contributed by atoms with Crippen LogP contribution in [0.5, 0.6) is 5.75 Å². The highest BCUT2D eigenvalue weighted by atomic mass is 32.2. The number of thioether (sulfide) groups is 1. The molecule has 6 rings (SSSR count). The summed E-state index contributed by atoms with van der Waals surface area (Å²) in [5, 5.41) is 20.4. The monoisotopic (exact) mass is 569 g/mol. The Kier molecular flexibility index (Phi) is 7.81. The average molecular weight is 570 g/mol. The van der Waals surface area contributed by atoms with E-state index in [1.807, 2.05) is 16.7 Å². The third-order valence-corrected chi connectivity index (χ3v) is 11.0. The number of rotatable bonds is 8. The molecule has 4 bridgehead atoms.